The molecule has 0 saturated heterocycles. The summed E-state index contributed by atoms with van der Waals surface area (Å²) in [5, 5.41) is 0. The van der Waals surface area contributed by atoms with Gasteiger partial charge in [0.2, 0.25) is 5.88 Å². The van der Waals surface area contributed by atoms with Gasteiger partial charge < -0.3 is 9.47 Å². The van der Waals surface area contributed by atoms with Gasteiger partial charge >= 0.3 is 0 Å². The summed E-state index contributed by atoms with van der Waals surface area (Å²) in [6, 6.07) is -0.288. The van der Waals surface area contributed by atoms with E-state index in [0.29, 0.717) is 18.2 Å². The van der Waals surface area contributed by atoms with Crippen molar-refractivity contribution >= 4 is 0 Å². The van der Waals surface area contributed by atoms with Crippen LogP contribution in [-0.2, 0) is 4.74 Å². The van der Waals surface area contributed by atoms with Crippen LogP contribution in [0.4, 0.5) is 0 Å². The molecular weight excluding hydrogens is 244 g/mol. The third-order valence-corrected chi connectivity index (χ3v) is 2.86. The lowest BCUT2D eigenvalue weighted by atomic mass is 9.83. The van der Waals surface area contributed by atoms with Crippen molar-refractivity contribution in [2.75, 3.05) is 13.7 Å². The number of ether oxygens (including phenoxy) is 2. The summed E-state index contributed by atoms with van der Waals surface area (Å²) in [4.78, 5) is 8.48. The van der Waals surface area contributed by atoms with Crippen LogP contribution in [0.25, 0.3) is 0 Å². The number of aromatic nitrogens is 2. The summed E-state index contributed by atoms with van der Waals surface area (Å²) in [6.45, 7) is 8.85. The predicted molar refractivity (Wildman–Crippen MR) is 73.5 cm³/mol. The molecule has 19 heavy (non-hydrogen) atoms. The molecule has 1 aromatic heterocycles. The van der Waals surface area contributed by atoms with Crippen LogP contribution in [0.15, 0.2) is 12.4 Å². The highest BCUT2D eigenvalue weighted by Crippen LogP contribution is 2.34. The molecule has 0 radical (unpaired) electrons. The van der Waals surface area contributed by atoms with Gasteiger partial charge in [-0.05, 0) is 12.3 Å². The molecule has 0 fully saturated rings. The predicted octanol–water partition coefficient (Wildman–Crippen LogP) is 1.44. The Morgan fingerprint density at radius 1 is 1.32 bits per heavy atom. The van der Waals surface area contributed by atoms with Crippen LogP contribution in [0.3, 0.4) is 0 Å². The van der Waals surface area contributed by atoms with E-state index in [-0.39, 0.29) is 17.6 Å². The number of nitrogens with one attached hydrogen (secondary N) is 1. The molecular formula is C13H24N4O2. The number of hydrazine groups is 1. The van der Waals surface area contributed by atoms with Crippen molar-refractivity contribution in [3.05, 3.63) is 18.1 Å². The first kappa shape index (κ1) is 15.8. The Kier molecular flexibility index (Phi) is 5.65. The number of rotatable bonds is 6. The molecule has 1 aromatic rings. The zero-order chi connectivity index (χ0) is 14.5. The first-order chi connectivity index (χ1) is 8.95. The van der Waals surface area contributed by atoms with Crippen LogP contribution < -0.4 is 16.0 Å². The maximum atomic E-state index is 5.85. The van der Waals surface area contributed by atoms with Crippen molar-refractivity contribution in [1.29, 1.82) is 0 Å². The molecule has 1 rings (SSSR count). The van der Waals surface area contributed by atoms with E-state index in [0.717, 1.165) is 0 Å². The highest BCUT2D eigenvalue weighted by Gasteiger charge is 2.36. The zero-order valence-corrected chi connectivity index (χ0v) is 12.3. The van der Waals surface area contributed by atoms with E-state index in [2.05, 4.69) is 36.2 Å². The Morgan fingerprint density at radius 3 is 2.42 bits per heavy atom. The van der Waals surface area contributed by atoms with Crippen molar-refractivity contribution in [2.45, 2.75) is 39.8 Å². The van der Waals surface area contributed by atoms with Crippen molar-refractivity contribution in [3.63, 3.8) is 0 Å². The second kappa shape index (κ2) is 6.79. The quantitative estimate of drug-likeness (QED) is 0.600. The van der Waals surface area contributed by atoms with Crippen LogP contribution in [-0.4, -0.2) is 29.8 Å². The van der Waals surface area contributed by atoms with Crippen LogP contribution in [0.2, 0.25) is 0 Å². The number of nitrogens with zero attached hydrogens (tertiary/aromatic N) is 2. The standard InChI is InChI=1S/C13H24N4O2/c1-6-19-11(13(2,3)4)9(17-14)10-12(18-5)16-8-7-15-10/h7-9,11,17H,6,14H2,1-5H3. The van der Waals surface area contributed by atoms with E-state index in [1.54, 1.807) is 19.5 Å². The number of hydrogen-bond acceptors (Lipinski definition) is 6. The van der Waals surface area contributed by atoms with E-state index in [9.17, 15) is 0 Å². The second-order valence-corrected chi connectivity index (χ2v) is 5.34. The number of nitrogens with two attached hydrogens (primary N) is 1. The van der Waals surface area contributed by atoms with Gasteiger partial charge in [0.25, 0.3) is 0 Å². The molecule has 6 nitrogen and oxygen atoms in total. The summed E-state index contributed by atoms with van der Waals surface area (Å²) in [7, 11) is 1.56. The Labute approximate surface area is 114 Å². The van der Waals surface area contributed by atoms with Gasteiger partial charge in [-0.3, -0.25) is 10.8 Å². The van der Waals surface area contributed by atoms with Crippen molar-refractivity contribution in [1.82, 2.24) is 15.4 Å². The molecule has 2 unspecified atom stereocenters. The Morgan fingerprint density at radius 2 is 1.95 bits per heavy atom. The average molecular weight is 268 g/mol. The maximum Gasteiger partial charge on any atom is 0.237 e. The molecule has 0 aliphatic heterocycles. The molecule has 3 N–H and O–H groups in total. The van der Waals surface area contributed by atoms with Crippen molar-refractivity contribution < 1.29 is 9.47 Å². The van der Waals surface area contributed by atoms with Gasteiger partial charge in [0, 0.05) is 19.0 Å². The summed E-state index contributed by atoms with van der Waals surface area (Å²) >= 11 is 0. The minimum absolute atomic E-state index is 0.102. The fraction of sp³-hybridized carbons (Fsp3) is 0.692. The minimum Gasteiger partial charge on any atom is -0.480 e. The Bertz CT molecular complexity index is 392. The van der Waals surface area contributed by atoms with Crippen LogP contribution in [0.5, 0.6) is 5.88 Å². The van der Waals surface area contributed by atoms with Crippen LogP contribution in [0, 0.1) is 5.41 Å². The van der Waals surface area contributed by atoms with E-state index in [1.165, 1.54) is 0 Å². The van der Waals surface area contributed by atoms with E-state index < -0.39 is 0 Å². The lowest BCUT2D eigenvalue weighted by Crippen LogP contribution is -2.45. The lowest BCUT2D eigenvalue weighted by molar-refractivity contribution is -0.0381. The third-order valence-electron chi connectivity index (χ3n) is 2.86. The average Bonchev–Trinajstić information content (AvgIpc) is 2.38. The molecule has 0 bridgehead atoms. The molecule has 0 aliphatic rings. The van der Waals surface area contributed by atoms with Gasteiger partial charge in [0.1, 0.15) is 5.69 Å². The smallest absolute Gasteiger partial charge is 0.237 e. The first-order valence-corrected chi connectivity index (χ1v) is 6.38. The fourth-order valence-electron chi connectivity index (χ4n) is 2.04. The monoisotopic (exact) mass is 268 g/mol. The summed E-state index contributed by atoms with van der Waals surface area (Å²) in [6.07, 6.45) is 3.06. The molecule has 1 heterocycles. The van der Waals surface area contributed by atoms with E-state index in [1.807, 2.05) is 6.92 Å². The molecule has 0 spiro atoms. The SMILES string of the molecule is CCOC(C(NN)c1nccnc1OC)C(C)(C)C. The highest BCUT2D eigenvalue weighted by atomic mass is 16.5. The topological polar surface area (TPSA) is 82.3 Å². The zero-order valence-electron chi connectivity index (χ0n) is 12.3. The Balaban J connectivity index is 3.16. The third kappa shape index (κ3) is 3.86. The molecule has 6 heteroatoms. The van der Waals surface area contributed by atoms with E-state index in [4.69, 9.17) is 15.3 Å². The Hall–Kier alpha value is -1.24. The summed E-state index contributed by atoms with van der Waals surface area (Å²) < 4.78 is 11.1. The normalized spacial score (nSPS) is 15.1. The number of hydrogen-bond donors (Lipinski definition) is 2. The lowest BCUT2D eigenvalue weighted by Gasteiger charge is -2.36. The largest absolute Gasteiger partial charge is 0.480 e. The molecule has 108 valence electrons. The minimum atomic E-state index is -0.288. The van der Waals surface area contributed by atoms with Gasteiger partial charge in [-0.15, -0.1) is 0 Å². The summed E-state index contributed by atoms with van der Waals surface area (Å²) in [5.74, 6) is 6.16. The van der Waals surface area contributed by atoms with Gasteiger partial charge in [-0.2, -0.15) is 0 Å². The van der Waals surface area contributed by atoms with Crippen LogP contribution in [0.1, 0.15) is 39.4 Å². The molecule has 2 atom stereocenters. The van der Waals surface area contributed by atoms with Crippen molar-refractivity contribution in [3.8, 4) is 5.88 Å². The molecule has 0 aromatic carbocycles. The van der Waals surface area contributed by atoms with Crippen LogP contribution >= 0.6 is 0 Å². The maximum absolute atomic E-state index is 5.85. The van der Waals surface area contributed by atoms with Gasteiger partial charge in [0.15, 0.2) is 0 Å². The summed E-state index contributed by atoms with van der Waals surface area (Å²) in [5.41, 5.74) is 3.33. The van der Waals surface area contributed by atoms with Gasteiger partial charge in [0.05, 0.1) is 19.3 Å². The van der Waals surface area contributed by atoms with Gasteiger partial charge in [-0.1, -0.05) is 20.8 Å². The number of methoxy groups -OCH3 is 1. The molecule has 0 saturated carbocycles. The van der Waals surface area contributed by atoms with Crippen molar-refractivity contribution in [2.24, 2.45) is 11.3 Å². The fourth-order valence-corrected chi connectivity index (χ4v) is 2.04. The highest BCUT2D eigenvalue weighted by molar-refractivity contribution is 5.22. The molecule has 0 aliphatic carbocycles. The van der Waals surface area contributed by atoms with Gasteiger partial charge in [-0.25, -0.2) is 10.4 Å². The van der Waals surface area contributed by atoms with E-state index >= 15 is 0 Å². The molecule has 0 amide bonds. The second-order valence-electron chi connectivity index (χ2n) is 5.34. The first-order valence-electron chi connectivity index (χ1n) is 6.38.